The first kappa shape index (κ1) is 15.2. The minimum atomic E-state index is -1.36. The monoisotopic (exact) mass is 332 g/mol. The van der Waals surface area contributed by atoms with Crippen molar-refractivity contribution >= 4 is 38.3 Å². The predicted molar refractivity (Wildman–Crippen MR) is 77.7 cm³/mol. The maximum absolute atomic E-state index is 12.1. The zero-order valence-electron chi connectivity index (χ0n) is 10.6. The van der Waals surface area contributed by atoms with Crippen LogP contribution in [0.4, 0.5) is 5.69 Å². The van der Waals surface area contributed by atoms with Gasteiger partial charge in [0.15, 0.2) is 0 Å². The summed E-state index contributed by atoms with van der Waals surface area (Å²) in [7, 11) is 0.346. The molecule has 0 spiro atoms. The molecule has 0 saturated carbocycles. The number of halogens is 1. The number of hydrogen-bond donors (Lipinski definition) is 1. The molecule has 1 amide bonds. The average Bonchev–Trinajstić information content (AvgIpc) is 2.27. The highest BCUT2D eigenvalue weighted by atomic mass is 79.9. The third-order valence-corrected chi connectivity index (χ3v) is 4.90. The van der Waals surface area contributed by atoms with Gasteiger partial charge >= 0.3 is 0 Å². The summed E-state index contributed by atoms with van der Waals surface area (Å²) < 4.78 is 12.8. The Kier molecular flexibility index (Phi) is 5.34. The fraction of sp³-hybridized carbons (Fsp3) is 0.417. The van der Waals surface area contributed by atoms with E-state index >= 15 is 0 Å². The standard InChI is InChI=1S/C12H17BrN2O2S/c1-8(2)15(3)12(16)7-18(17)11-5-4-9(14)6-10(11)13/h4-6,8H,7,14H2,1-3H3. The Morgan fingerprint density at radius 2 is 2.11 bits per heavy atom. The Hall–Kier alpha value is -0.880. The molecule has 0 aliphatic rings. The van der Waals surface area contributed by atoms with Crippen LogP contribution in [-0.4, -0.2) is 33.9 Å². The summed E-state index contributed by atoms with van der Waals surface area (Å²) in [5.41, 5.74) is 6.20. The molecular weight excluding hydrogens is 316 g/mol. The Morgan fingerprint density at radius 1 is 1.50 bits per heavy atom. The normalized spacial score (nSPS) is 12.5. The van der Waals surface area contributed by atoms with Gasteiger partial charge in [-0.1, -0.05) is 0 Å². The van der Waals surface area contributed by atoms with Gasteiger partial charge in [0.2, 0.25) is 5.91 Å². The highest BCUT2D eigenvalue weighted by Gasteiger charge is 2.17. The molecule has 1 aromatic rings. The molecule has 2 N–H and O–H groups in total. The molecule has 0 aliphatic heterocycles. The van der Waals surface area contributed by atoms with Gasteiger partial charge in [0, 0.05) is 23.2 Å². The minimum absolute atomic E-state index is 0.0167. The first-order valence-corrected chi connectivity index (χ1v) is 7.63. The molecule has 0 bridgehead atoms. The van der Waals surface area contributed by atoms with Crippen molar-refractivity contribution in [1.82, 2.24) is 4.90 Å². The van der Waals surface area contributed by atoms with Gasteiger partial charge in [0.1, 0.15) is 5.75 Å². The van der Waals surface area contributed by atoms with E-state index < -0.39 is 10.8 Å². The zero-order valence-corrected chi connectivity index (χ0v) is 13.0. The van der Waals surface area contributed by atoms with E-state index in [2.05, 4.69) is 15.9 Å². The van der Waals surface area contributed by atoms with Crippen molar-refractivity contribution in [2.24, 2.45) is 0 Å². The Labute approximate surface area is 118 Å². The zero-order chi connectivity index (χ0) is 13.9. The Balaban J connectivity index is 2.80. The summed E-state index contributed by atoms with van der Waals surface area (Å²) in [5.74, 6) is -0.149. The quantitative estimate of drug-likeness (QED) is 0.858. The molecule has 0 aromatic heterocycles. The summed E-state index contributed by atoms with van der Waals surface area (Å²) in [6.45, 7) is 3.83. The fourth-order valence-electron chi connectivity index (χ4n) is 1.28. The van der Waals surface area contributed by atoms with Gasteiger partial charge < -0.3 is 10.6 Å². The van der Waals surface area contributed by atoms with Crippen LogP contribution in [0.2, 0.25) is 0 Å². The van der Waals surface area contributed by atoms with Gasteiger partial charge in [-0.3, -0.25) is 9.00 Å². The summed E-state index contributed by atoms with van der Waals surface area (Å²) in [4.78, 5) is 14.0. The van der Waals surface area contributed by atoms with Crippen LogP contribution in [0.3, 0.4) is 0 Å². The topological polar surface area (TPSA) is 63.4 Å². The van der Waals surface area contributed by atoms with E-state index in [1.165, 1.54) is 0 Å². The molecule has 1 atom stereocenters. The number of carbonyl (C=O) groups excluding carboxylic acids is 1. The number of nitrogen functional groups attached to an aromatic ring is 1. The van der Waals surface area contributed by atoms with Crippen LogP contribution in [0.5, 0.6) is 0 Å². The van der Waals surface area contributed by atoms with E-state index in [9.17, 15) is 9.00 Å². The largest absolute Gasteiger partial charge is 0.399 e. The lowest BCUT2D eigenvalue weighted by molar-refractivity contribution is -0.128. The van der Waals surface area contributed by atoms with Crippen LogP contribution in [0.15, 0.2) is 27.6 Å². The van der Waals surface area contributed by atoms with E-state index in [1.807, 2.05) is 13.8 Å². The van der Waals surface area contributed by atoms with Gasteiger partial charge in [-0.25, -0.2) is 0 Å². The SMILES string of the molecule is CC(C)N(C)C(=O)CS(=O)c1ccc(N)cc1Br. The summed E-state index contributed by atoms with van der Waals surface area (Å²) >= 11 is 3.31. The van der Waals surface area contributed by atoms with E-state index in [0.29, 0.717) is 15.1 Å². The number of amides is 1. The van der Waals surface area contributed by atoms with Crippen molar-refractivity contribution in [3.63, 3.8) is 0 Å². The van der Waals surface area contributed by atoms with Gasteiger partial charge in [0.25, 0.3) is 0 Å². The second-order valence-electron chi connectivity index (χ2n) is 4.28. The average molecular weight is 333 g/mol. The fourth-order valence-corrected chi connectivity index (χ4v) is 3.30. The molecule has 0 heterocycles. The Bertz CT molecular complexity index is 477. The predicted octanol–water partition coefficient (Wildman–Crippen LogP) is 2.01. The van der Waals surface area contributed by atoms with Gasteiger partial charge in [-0.15, -0.1) is 0 Å². The van der Waals surface area contributed by atoms with Crippen LogP contribution < -0.4 is 5.73 Å². The number of hydrogen-bond acceptors (Lipinski definition) is 3. The summed E-state index contributed by atoms with van der Waals surface area (Å²) in [5, 5.41) is 0. The Morgan fingerprint density at radius 3 is 2.61 bits per heavy atom. The molecule has 0 fully saturated rings. The van der Waals surface area contributed by atoms with Crippen molar-refractivity contribution in [2.45, 2.75) is 24.8 Å². The van der Waals surface area contributed by atoms with Crippen LogP contribution in [0, 0.1) is 0 Å². The van der Waals surface area contributed by atoms with Crippen molar-refractivity contribution in [2.75, 3.05) is 18.5 Å². The van der Waals surface area contributed by atoms with Crippen molar-refractivity contribution in [3.8, 4) is 0 Å². The van der Waals surface area contributed by atoms with Gasteiger partial charge in [-0.2, -0.15) is 0 Å². The van der Waals surface area contributed by atoms with Gasteiger partial charge in [-0.05, 0) is 48.0 Å². The van der Waals surface area contributed by atoms with Crippen molar-refractivity contribution < 1.29 is 9.00 Å². The molecule has 100 valence electrons. The minimum Gasteiger partial charge on any atom is -0.399 e. The second-order valence-corrected chi connectivity index (χ2v) is 6.55. The molecule has 0 radical (unpaired) electrons. The molecule has 1 unspecified atom stereocenters. The highest BCUT2D eigenvalue weighted by Crippen LogP contribution is 2.23. The maximum Gasteiger partial charge on any atom is 0.235 e. The number of benzene rings is 1. The van der Waals surface area contributed by atoms with E-state index in [0.717, 1.165) is 0 Å². The lowest BCUT2D eigenvalue weighted by atomic mass is 10.3. The summed E-state index contributed by atoms with van der Waals surface area (Å²) in [6.07, 6.45) is 0. The third-order valence-electron chi connectivity index (χ3n) is 2.62. The van der Waals surface area contributed by atoms with E-state index in [4.69, 9.17) is 5.73 Å². The van der Waals surface area contributed by atoms with Crippen molar-refractivity contribution in [1.29, 1.82) is 0 Å². The van der Waals surface area contributed by atoms with Crippen LogP contribution >= 0.6 is 15.9 Å². The number of nitrogens with two attached hydrogens (primary N) is 1. The number of carbonyl (C=O) groups is 1. The number of nitrogens with zero attached hydrogens (tertiary/aromatic N) is 1. The second kappa shape index (κ2) is 6.33. The number of anilines is 1. The van der Waals surface area contributed by atoms with Crippen LogP contribution in [-0.2, 0) is 15.6 Å². The summed E-state index contributed by atoms with van der Waals surface area (Å²) in [6, 6.07) is 5.14. The first-order valence-electron chi connectivity index (χ1n) is 5.52. The third kappa shape index (κ3) is 3.81. The molecule has 6 heteroatoms. The van der Waals surface area contributed by atoms with E-state index in [-0.39, 0.29) is 17.7 Å². The smallest absolute Gasteiger partial charge is 0.235 e. The van der Waals surface area contributed by atoms with Gasteiger partial charge in [0.05, 0.1) is 15.7 Å². The first-order chi connectivity index (χ1) is 8.32. The molecule has 0 aliphatic carbocycles. The molecular formula is C12H17BrN2O2S. The lowest BCUT2D eigenvalue weighted by Crippen LogP contribution is -2.36. The van der Waals surface area contributed by atoms with Crippen molar-refractivity contribution in [3.05, 3.63) is 22.7 Å². The lowest BCUT2D eigenvalue weighted by Gasteiger charge is -2.21. The molecule has 4 nitrogen and oxygen atoms in total. The maximum atomic E-state index is 12.1. The molecule has 1 aromatic carbocycles. The highest BCUT2D eigenvalue weighted by molar-refractivity contribution is 9.10. The molecule has 0 saturated heterocycles. The van der Waals surface area contributed by atoms with E-state index in [1.54, 1.807) is 30.1 Å². The number of rotatable bonds is 4. The van der Waals surface area contributed by atoms with Crippen LogP contribution in [0.1, 0.15) is 13.8 Å². The molecule has 1 rings (SSSR count). The van der Waals surface area contributed by atoms with Crippen LogP contribution in [0.25, 0.3) is 0 Å². The molecule has 18 heavy (non-hydrogen) atoms.